The monoisotopic (exact) mass is 194 g/mol. The molecule has 5 heteroatoms. The number of aliphatic imine (C=N–C) groups is 1. The molecular formula is C9H10N2O3. The lowest BCUT2D eigenvalue weighted by molar-refractivity contribution is -0.137. The average molecular weight is 194 g/mol. The van der Waals surface area contributed by atoms with Gasteiger partial charge in [-0.25, -0.2) is 4.79 Å². The minimum absolute atomic E-state index is 0.0196. The highest BCUT2D eigenvalue weighted by Gasteiger charge is 2.06. The number of aromatic nitrogens is 1. The molecule has 0 saturated carbocycles. The number of nitrogens with zero attached hydrogens (tertiary/aromatic N) is 2. The minimum Gasteiger partial charge on any atom is -0.506 e. The van der Waals surface area contributed by atoms with Crippen molar-refractivity contribution < 1.29 is 15.0 Å². The van der Waals surface area contributed by atoms with Crippen LogP contribution in [0.15, 0.2) is 23.5 Å². The van der Waals surface area contributed by atoms with Crippen LogP contribution in [0.4, 0.5) is 0 Å². The molecule has 0 aromatic carbocycles. The second kappa shape index (κ2) is 4.36. The summed E-state index contributed by atoms with van der Waals surface area (Å²) in [6, 6.07) is 0.732. The van der Waals surface area contributed by atoms with Crippen LogP contribution in [0.2, 0.25) is 0 Å². The van der Waals surface area contributed by atoms with Gasteiger partial charge in [0.15, 0.2) is 0 Å². The maximum Gasteiger partial charge on any atom is 0.328 e. The first-order chi connectivity index (χ1) is 6.61. The van der Waals surface area contributed by atoms with E-state index in [4.69, 9.17) is 5.11 Å². The van der Waals surface area contributed by atoms with Crippen LogP contribution in [0.3, 0.4) is 0 Å². The van der Waals surface area contributed by atoms with E-state index in [0.717, 1.165) is 0 Å². The molecule has 0 amide bonds. The number of carbonyl (C=O) groups is 1. The zero-order valence-electron chi connectivity index (χ0n) is 7.58. The molecule has 1 heterocycles. The maximum atomic E-state index is 10.4. The highest BCUT2D eigenvalue weighted by atomic mass is 16.4. The zero-order chi connectivity index (χ0) is 10.6. The lowest BCUT2D eigenvalue weighted by Crippen LogP contribution is -2.13. The van der Waals surface area contributed by atoms with Crippen molar-refractivity contribution in [2.75, 3.05) is 0 Å². The predicted octanol–water partition coefficient (Wildman–Crippen LogP) is 0.679. The molecule has 0 radical (unpaired) electrons. The second-order valence-corrected chi connectivity index (χ2v) is 2.73. The van der Waals surface area contributed by atoms with E-state index >= 15 is 0 Å². The highest BCUT2D eigenvalue weighted by Crippen LogP contribution is 2.11. The maximum absolute atomic E-state index is 10.4. The SMILES string of the molecule is CC(N=Cc1ccncc1O)C(=O)O. The molecule has 0 saturated heterocycles. The van der Waals surface area contributed by atoms with Crippen molar-refractivity contribution in [2.45, 2.75) is 13.0 Å². The summed E-state index contributed by atoms with van der Waals surface area (Å²) < 4.78 is 0. The lowest BCUT2D eigenvalue weighted by Gasteiger charge is -1.99. The lowest BCUT2D eigenvalue weighted by atomic mass is 10.2. The Labute approximate surface area is 80.8 Å². The Morgan fingerprint density at radius 1 is 1.71 bits per heavy atom. The van der Waals surface area contributed by atoms with Crippen molar-refractivity contribution >= 4 is 12.2 Å². The third-order valence-corrected chi connectivity index (χ3v) is 1.63. The molecule has 1 rings (SSSR count). The van der Waals surface area contributed by atoms with E-state index in [1.807, 2.05) is 0 Å². The van der Waals surface area contributed by atoms with E-state index in [0.29, 0.717) is 5.56 Å². The van der Waals surface area contributed by atoms with Crippen molar-refractivity contribution in [1.29, 1.82) is 0 Å². The number of pyridine rings is 1. The van der Waals surface area contributed by atoms with Crippen molar-refractivity contribution in [3.63, 3.8) is 0 Å². The minimum atomic E-state index is -1.00. The standard InChI is InChI=1S/C9H10N2O3/c1-6(9(13)14)11-4-7-2-3-10-5-8(7)12/h2-6,12H,1H3,(H,13,14). The summed E-state index contributed by atoms with van der Waals surface area (Å²) in [7, 11) is 0. The summed E-state index contributed by atoms with van der Waals surface area (Å²) in [5.74, 6) is -1.02. The number of hydrogen-bond acceptors (Lipinski definition) is 4. The van der Waals surface area contributed by atoms with Crippen LogP contribution in [0.1, 0.15) is 12.5 Å². The van der Waals surface area contributed by atoms with E-state index < -0.39 is 12.0 Å². The topological polar surface area (TPSA) is 82.8 Å². The van der Waals surface area contributed by atoms with E-state index in [-0.39, 0.29) is 5.75 Å². The van der Waals surface area contributed by atoms with Gasteiger partial charge in [0.1, 0.15) is 11.8 Å². The Balaban J connectivity index is 2.78. The first-order valence-corrected chi connectivity index (χ1v) is 4.00. The summed E-state index contributed by atoms with van der Waals surface area (Å²) in [5, 5.41) is 17.8. The van der Waals surface area contributed by atoms with Crippen LogP contribution in [-0.4, -0.2) is 33.4 Å². The van der Waals surface area contributed by atoms with Crippen molar-refractivity contribution in [3.05, 3.63) is 24.0 Å². The van der Waals surface area contributed by atoms with E-state index in [9.17, 15) is 9.90 Å². The number of rotatable bonds is 3. The summed E-state index contributed by atoms with van der Waals surface area (Å²) in [4.78, 5) is 17.8. The van der Waals surface area contributed by atoms with E-state index in [1.165, 1.54) is 25.5 Å². The molecular weight excluding hydrogens is 184 g/mol. The van der Waals surface area contributed by atoms with Crippen LogP contribution in [-0.2, 0) is 4.79 Å². The van der Waals surface area contributed by atoms with Crippen LogP contribution < -0.4 is 0 Å². The fourth-order valence-electron chi connectivity index (χ4n) is 0.762. The van der Waals surface area contributed by atoms with Crippen LogP contribution in [0, 0.1) is 0 Å². The molecule has 0 aliphatic rings. The van der Waals surface area contributed by atoms with Gasteiger partial charge >= 0.3 is 5.97 Å². The summed E-state index contributed by atoms with van der Waals surface area (Å²) in [5.41, 5.74) is 0.452. The van der Waals surface area contributed by atoms with Crippen molar-refractivity contribution in [2.24, 2.45) is 4.99 Å². The molecule has 2 N–H and O–H groups in total. The second-order valence-electron chi connectivity index (χ2n) is 2.73. The molecule has 0 aliphatic heterocycles. The first-order valence-electron chi connectivity index (χ1n) is 4.00. The van der Waals surface area contributed by atoms with E-state index in [2.05, 4.69) is 9.98 Å². The smallest absolute Gasteiger partial charge is 0.328 e. The van der Waals surface area contributed by atoms with E-state index in [1.54, 1.807) is 6.07 Å². The number of hydrogen-bond donors (Lipinski definition) is 2. The van der Waals surface area contributed by atoms with Gasteiger partial charge in [0.05, 0.1) is 6.20 Å². The number of aliphatic carboxylic acids is 1. The molecule has 1 aromatic rings. The van der Waals surface area contributed by atoms with Gasteiger partial charge in [-0.2, -0.15) is 0 Å². The molecule has 0 aliphatic carbocycles. The quantitative estimate of drug-likeness (QED) is 0.693. The Bertz CT molecular complexity index is 363. The van der Waals surface area contributed by atoms with Gasteiger partial charge in [0, 0.05) is 18.0 Å². The number of carboxylic acid groups (broad SMARTS) is 1. The van der Waals surface area contributed by atoms with Crippen molar-refractivity contribution in [1.82, 2.24) is 4.98 Å². The largest absolute Gasteiger partial charge is 0.506 e. The third kappa shape index (κ3) is 2.55. The average Bonchev–Trinajstić information content (AvgIpc) is 2.16. The predicted molar refractivity (Wildman–Crippen MR) is 50.6 cm³/mol. The van der Waals surface area contributed by atoms with Crippen LogP contribution in [0.5, 0.6) is 5.75 Å². The summed E-state index contributed by atoms with van der Waals surface area (Å²) in [6.07, 6.45) is 4.08. The first kappa shape index (κ1) is 10.2. The molecule has 0 spiro atoms. The molecule has 74 valence electrons. The highest BCUT2D eigenvalue weighted by molar-refractivity contribution is 5.85. The Morgan fingerprint density at radius 3 is 3.00 bits per heavy atom. The fraction of sp³-hybridized carbons (Fsp3) is 0.222. The normalized spacial score (nSPS) is 12.9. The zero-order valence-corrected chi connectivity index (χ0v) is 7.58. The fourth-order valence-corrected chi connectivity index (χ4v) is 0.762. The van der Waals surface area contributed by atoms with Crippen LogP contribution >= 0.6 is 0 Å². The van der Waals surface area contributed by atoms with Gasteiger partial charge in [-0.15, -0.1) is 0 Å². The number of carboxylic acids is 1. The van der Waals surface area contributed by atoms with Crippen LogP contribution in [0.25, 0.3) is 0 Å². The van der Waals surface area contributed by atoms with Gasteiger partial charge in [0.25, 0.3) is 0 Å². The van der Waals surface area contributed by atoms with Crippen molar-refractivity contribution in [3.8, 4) is 5.75 Å². The molecule has 5 nitrogen and oxygen atoms in total. The third-order valence-electron chi connectivity index (χ3n) is 1.63. The summed E-state index contributed by atoms with van der Waals surface area (Å²) in [6.45, 7) is 1.46. The number of aromatic hydroxyl groups is 1. The summed E-state index contributed by atoms with van der Waals surface area (Å²) >= 11 is 0. The Kier molecular flexibility index (Phi) is 3.17. The van der Waals surface area contributed by atoms with Gasteiger partial charge < -0.3 is 10.2 Å². The molecule has 1 unspecified atom stereocenters. The molecule has 1 atom stereocenters. The van der Waals surface area contributed by atoms with Gasteiger partial charge in [-0.05, 0) is 13.0 Å². The molecule has 1 aromatic heterocycles. The van der Waals surface area contributed by atoms with Gasteiger partial charge in [-0.3, -0.25) is 9.98 Å². The molecule has 0 fully saturated rings. The molecule has 0 bridgehead atoms. The van der Waals surface area contributed by atoms with Gasteiger partial charge in [-0.1, -0.05) is 0 Å². The Hall–Kier alpha value is -1.91. The Morgan fingerprint density at radius 2 is 2.43 bits per heavy atom. The van der Waals surface area contributed by atoms with Gasteiger partial charge in [0.2, 0.25) is 0 Å². The molecule has 14 heavy (non-hydrogen) atoms.